The lowest BCUT2D eigenvalue weighted by atomic mass is 10.3. The lowest BCUT2D eigenvalue weighted by molar-refractivity contribution is 1.35. The van der Waals surface area contributed by atoms with Gasteiger partial charge in [0.1, 0.15) is 0 Å². The molecule has 0 N–H and O–H groups in total. The number of rotatable bonds is 0. The Balaban J connectivity index is 2.70. The highest BCUT2D eigenvalue weighted by Crippen LogP contribution is 1.88. The Hall–Kier alpha value is -1.26. The molecule has 0 aromatic heterocycles. The average molecular weight is 129 g/mol. The zero-order valence-corrected chi connectivity index (χ0v) is 5.75. The molecular weight excluding hydrogens is 120 g/mol. The second kappa shape index (κ2) is 4.60. The van der Waals surface area contributed by atoms with E-state index in [0.29, 0.717) is 0 Å². The van der Waals surface area contributed by atoms with Crippen molar-refractivity contribution in [1.29, 1.82) is 0 Å². The highest BCUT2D eigenvalue weighted by Gasteiger charge is 1.69. The van der Waals surface area contributed by atoms with Crippen molar-refractivity contribution in [3.63, 3.8) is 0 Å². The normalized spacial score (nSPS) is 25.6. The van der Waals surface area contributed by atoms with Crippen molar-refractivity contribution >= 4 is 0 Å². The lowest BCUT2D eigenvalue weighted by Crippen LogP contribution is -1.58. The van der Waals surface area contributed by atoms with Crippen LogP contribution in [0.15, 0.2) is 48.3 Å². The quantitative estimate of drug-likeness (QED) is 0.441. The number of hydrogen-bond donors (Lipinski definition) is 0. The summed E-state index contributed by atoms with van der Waals surface area (Å²) < 4.78 is 0. The van der Waals surface area contributed by atoms with Gasteiger partial charge in [-0.1, -0.05) is 36.5 Å². The first-order chi connectivity index (χ1) is 5.00. The van der Waals surface area contributed by atoms with Crippen LogP contribution in [0.1, 0.15) is 6.42 Å². The molecule has 0 atom stereocenters. The molecule has 0 aromatic carbocycles. The summed E-state index contributed by atoms with van der Waals surface area (Å²) in [7, 11) is 0. The largest absolute Gasteiger partial charge is 0.116 e. The van der Waals surface area contributed by atoms with E-state index < -0.39 is 0 Å². The van der Waals surface area contributed by atoms with E-state index in [1.54, 1.807) is 0 Å². The number of hydrogen-bond acceptors (Lipinski definition) is 0. The molecule has 0 spiro atoms. The van der Waals surface area contributed by atoms with Crippen LogP contribution >= 0.6 is 0 Å². The van der Waals surface area contributed by atoms with E-state index in [0.717, 1.165) is 6.42 Å². The number of allylic oxidation sites excluding steroid dienone is 7. The van der Waals surface area contributed by atoms with Gasteiger partial charge in [-0.05, 0) is 12.5 Å². The third-order valence-corrected chi connectivity index (χ3v) is 1.08. The summed E-state index contributed by atoms with van der Waals surface area (Å²) in [6, 6.07) is 0. The third kappa shape index (κ3) is 2.91. The maximum atomic E-state index is 2.98. The second-order valence-electron chi connectivity index (χ2n) is 1.89. The summed E-state index contributed by atoms with van der Waals surface area (Å²) in [5.74, 6) is 0. The summed E-state index contributed by atoms with van der Waals surface area (Å²) >= 11 is 0. The van der Waals surface area contributed by atoms with Crippen molar-refractivity contribution in [1.82, 2.24) is 0 Å². The Morgan fingerprint density at radius 3 is 2.70 bits per heavy atom. The molecule has 49 valence electrons. The molecule has 1 aliphatic rings. The molecule has 10 heavy (non-hydrogen) atoms. The van der Waals surface area contributed by atoms with Crippen LogP contribution in [-0.4, -0.2) is 0 Å². The fourth-order valence-corrected chi connectivity index (χ4v) is 0.620. The van der Waals surface area contributed by atoms with Crippen molar-refractivity contribution in [2.45, 2.75) is 6.42 Å². The topological polar surface area (TPSA) is 0 Å². The zero-order chi connectivity index (χ0) is 7.07. The minimum absolute atomic E-state index is 0.842. The molecule has 0 saturated heterocycles. The first-order valence-corrected chi connectivity index (χ1v) is 3.30. The summed E-state index contributed by atoms with van der Waals surface area (Å²) in [4.78, 5) is 0. The van der Waals surface area contributed by atoms with Crippen LogP contribution in [0.4, 0.5) is 0 Å². The lowest BCUT2D eigenvalue weighted by Gasteiger charge is -1.77. The molecule has 0 heteroatoms. The van der Waals surface area contributed by atoms with E-state index in [4.69, 9.17) is 0 Å². The molecule has 0 amide bonds. The molecule has 0 aliphatic heterocycles. The van der Waals surface area contributed by atoms with E-state index in [1.165, 1.54) is 0 Å². The minimum atomic E-state index is 0.842. The van der Waals surface area contributed by atoms with Crippen molar-refractivity contribution in [2.24, 2.45) is 0 Å². The van der Waals surface area contributed by atoms with E-state index >= 15 is 0 Å². The SMILES string of the molecule is [C]1=C=C\C=C/C=C\C=C/C1. The molecule has 0 heterocycles. The van der Waals surface area contributed by atoms with Gasteiger partial charge in [-0.25, -0.2) is 0 Å². The van der Waals surface area contributed by atoms with Gasteiger partial charge < -0.3 is 0 Å². The molecule has 0 aromatic rings. The van der Waals surface area contributed by atoms with Gasteiger partial charge >= 0.3 is 0 Å². The second-order valence-corrected chi connectivity index (χ2v) is 1.89. The highest BCUT2D eigenvalue weighted by atomic mass is 13.7. The summed E-state index contributed by atoms with van der Waals surface area (Å²) in [6.45, 7) is 0. The van der Waals surface area contributed by atoms with E-state index in [-0.39, 0.29) is 0 Å². The molecule has 0 saturated carbocycles. The monoisotopic (exact) mass is 129 g/mol. The van der Waals surface area contributed by atoms with Gasteiger partial charge in [0.25, 0.3) is 0 Å². The van der Waals surface area contributed by atoms with Gasteiger partial charge in [0.15, 0.2) is 0 Å². The van der Waals surface area contributed by atoms with Gasteiger partial charge in [-0.2, -0.15) is 0 Å². The van der Waals surface area contributed by atoms with Crippen LogP contribution in [0.2, 0.25) is 0 Å². The predicted octanol–water partition coefficient (Wildman–Crippen LogP) is 2.57. The molecule has 0 unspecified atom stereocenters. The van der Waals surface area contributed by atoms with Crippen molar-refractivity contribution < 1.29 is 0 Å². The minimum Gasteiger partial charge on any atom is -0.116 e. The molecule has 1 radical (unpaired) electrons. The van der Waals surface area contributed by atoms with Crippen LogP contribution in [0.25, 0.3) is 0 Å². The Morgan fingerprint density at radius 2 is 1.70 bits per heavy atom. The van der Waals surface area contributed by atoms with Crippen molar-refractivity contribution in [3.8, 4) is 0 Å². The fraction of sp³-hybridized carbons (Fsp3) is 0.100. The first kappa shape index (κ1) is 6.85. The molecular formula is C10H9. The van der Waals surface area contributed by atoms with E-state index in [1.807, 2.05) is 42.5 Å². The third-order valence-electron chi connectivity index (χ3n) is 1.08. The van der Waals surface area contributed by atoms with Crippen molar-refractivity contribution in [2.75, 3.05) is 0 Å². The zero-order valence-electron chi connectivity index (χ0n) is 5.75. The molecule has 1 aliphatic carbocycles. The Morgan fingerprint density at radius 1 is 0.900 bits per heavy atom. The Kier molecular flexibility index (Phi) is 3.16. The van der Waals surface area contributed by atoms with Crippen molar-refractivity contribution in [3.05, 3.63) is 54.3 Å². The van der Waals surface area contributed by atoms with Gasteiger partial charge in [-0.3, -0.25) is 0 Å². The molecule has 1 rings (SSSR count). The highest BCUT2D eigenvalue weighted by molar-refractivity contribution is 5.16. The van der Waals surface area contributed by atoms with Gasteiger partial charge in [0.05, 0.1) is 0 Å². The van der Waals surface area contributed by atoms with E-state index in [2.05, 4.69) is 11.8 Å². The van der Waals surface area contributed by atoms with Crippen LogP contribution in [0.5, 0.6) is 0 Å². The maximum absolute atomic E-state index is 2.98. The van der Waals surface area contributed by atoms with Gasteiger partial charge in [-0.15, -0.1) is 5.73 Å². The van der Waals surface area contributed by atoms with Gasteiger partial charge in [0, 0.05) is 6.08 Å². The first-order valence-electron chi connectivity index (χ1n) is 3.30. The summed E-state index contributed by atoms with van der Waals surface area (Å²) in [6.07, 6.45) is 17.6. The van der Waals surface area contributed by atoms with Crippen LogP contribution in [0, 0.1) is 6.08 Å². The maximum Gasteiger partial charge on any atom is 0.00897 e. The Labute approximate surface area is 61.6 Å². The molecule has 0 bridgehead atoms. The smallest absolute Gasteiger partial charge is 0.00897 e. The Bertz CT molecular complexity index is 220. The predicted molar refractivity (Wildman–Crippen MR) is 43.4 cm³/mol. The fourth-order valence-electron chi connectivity index (χ4n) is 0.620. The summed E-state index contributed by atoms with van der Waals surface area (Å²) in [5, 5.41) is 0. The van der Waals surface area contributed by atoms with Crippen LogP contribution in [-0.2, 0) is 0 Å². The average Bonchev–Trinajstić information content (AvgIpc) is 2.01. The van der Waals surface area contributed by atoms with E-state index in [9.17, 15) is 0 Å². The molecule has 0 fully saturated rings. The van der Waals surface area contributed by atoms with Crippen LogP contribution < -0.4 is 0 Å². The molecule has 0 nitrogen and oxygen atoms in total. The summed E-state index contributed by atoms with van der Waals surface area (Å²) in [5.41, 5.74) is 2.91. The standard InChI is InChI=1S/C10H9/c1-2-4-6-8-10-9-7-5-3-1/h1-7H,8H2/b2-1-,5-3-,6-4-. The van der Waals surface area contributed by atoms with Crippen LogP contribution in [0.3, 0.4) is 0 Å². The van der Waals surface area contributed by atoms with Gasteiger partial charge in [0.2, 0.25) is 0 Å².